The highest BCUT2D eigenvalue weighted by Crippen LogP contribution is 2.06. The summed E-state index contributed by atoms with van der Waals surface area (Å²) in [5, 5.41) is 0. The van der Waals surface area contributed by atoms with E-state index in [-0.39, 0.29) is 27.6 Å². The van der Waals surface area contributed by atoms with Crippen LogP contribution in [0.1, 0.15) is 0 Å². The molecule has 0 nitrogen and oxygen atoms in total. The molecule has 0 aromatic rings. The summed E-state index contributed by atoms with van der Waals surface area (Å²) in [5.74, 6) is 0. The lowest BCUT2D eigenvalue weighted by Crippen LogP contribution is -2.02. The van der Waals surface area contributed by atoms with Gasteiger partial charge in [-0.1, -0.05) is 0 Å². The van der Waals surface area contributed by atoms with E-state index in [2.05, 4.69) is 0 Å². The minimum Gasteiger partial charge on any atom is -0.418 e. The average molecular weight is 181 g/mol. The fraction of sp³-hybridized carbons (Fsp3) is 0. The Labute approximate surface area is 53.3 Å². The van der Waals surface area contributed by atoms with Crippen molar-refractivity contribution in [3.05, 3.63) is 0 Å². The Hall–Kier alpha value is -0.0751. The van der Waals surface area contributed by atoms with Crippen LogP contribution in [0.2, 0.25) is 0 Å². The zero-order valence-corrected chi connectivity index (χ0v) is 4.81. The minimum absolute atomic E-state index is 0. The molecule has 64 valence electrons. The van der Waals surface area contributed by atoms with E-state index in [1.165, 1.54) is 0 Å². The molecule has 0 aliphatic heterocycles. The average Bonchev–Trinajstić information content (AvgIpc) is 0.722. The molecule has 0 aromatic heterocycles. The third-order valence-corrected chi connectivity index (χ3v) is 0. The summed E-state index contributed by atoms with van der Waals surface area (Å²) < 4.78 is 39.0. The normalized spacial score (nSPS) is 6.67. The molecule has 0 aliphatic rings. The van der Waals surface area contributed by atoms with Crippen LogP contribution < -0.4 is 0 Å². The molecule has 0 saturated carbocycles. The highest BCUT2D eigenvalue weighted by molar-refractivity contribution is 7.59. The van der Waals surface area contributed by atoms with Crippen LogP contribution in [0, 0.1) is 0 Å². The molecule has 9 heavy (non-hydrogen) atoms. The third-order valence-electron chi connectivity index (χ3n) is 0. The summed E-state index contributed by atoms with van der Waals surface area (Å²) in [5.41, 5.74) is 0. The molecular weight excluding hydrogens is 176 g/mol. The Morgan fingerprint density at radius 3 is 0.667 bits per heavy atom. The van der Waals surface area contributed by atoms with Crippen LogP contribution in [0.25, 0.3) is 0 Å². The van der Waals surface area contributed by atoms with Gasteiger partial charge in [-0.25, -0.2) is 0 Å². The van der Waals surface area contributed by atoms with E-state index in [1.807, 2.05) is 0 Å². The van der Waals surface area contributed by atoms with Crippen molar-refractivity contribution in [1.82, 2.24) is 0 Å². The van der Waals surface area contributed by atoms with Crippen LogP contribution >= 0.6 is 13.5 Å². The Balaban J connectivity index is -0.0000000133. The van der Waals surface area contributed by atoms with E-state index in [1.54, 1.807) is 0 Å². The van der Waals surface area contributed by atoms with E-state index in [0.717, 1.165) is 0 Å². The van der Waals surface area contributed by atoms with Crippen molar-refractivity contribution in [3.8, 4) is 0 Å². The number of rotatable bonds is 0. The SMILES string of the molecule is F.F.F.F[B-](F)(F)F.S. The summed E-state index contributed by atoms with van der Waals surface area (Å²) in [4.78, 5) is 0. The Kier molecular flexibility index (Phi) is 43.8. The molecule has 0 amide bonds. The first-order valence-electron chi connectivity index (χ1n) is 0.873. The quantitative estimate of drug-likeness (QED) is 0.395. The second-order valence-corrected chi connectivity index (χ2v) is 0.495. The van der Waals surface area contributed by atoms with Gasteiger partial charge in [0, 0.05) is 0 Å². The molecule has 0 N–H and O–H groups in total. The lowest BCUT2D eigenvalue weighted by Gasteiger charge is -1.94. The van der Waals surface area contributed by atoms with Gasteiger partial charge in [-0.15, -0.1) is 0 Å². The fourth-order valence-electron chi connectivity index (χ4n) is 0. The van der Waals surface area contributed by atoms with Crippen molar-refractivity contribution in [3.63, 3.8) is 0 Å². The lowest BCUT2D eigenvalue weighted by atomic mass is 10.3. The molecule has 0 aromatic carbocycles. The summed E-state index contributed by atoms with van der Waals surface area (Å²) in [7, 11) is -6.00. The number of halogens is 7. The summed E-state index contributed by atoms with van der Waals surface area (Å²) >= 11 is 0. The van der Waals surface area contributed by atoms with Gasteiger partial charge in [-0.05, 0) is 0 Å². The van der Waals surface area contributed by atoms with Crippen LogP contribution in [-0.4, -0.2) is 7.25 Å². The Morgan fingerprint density at radius 1 is 0.667 bits per heavy atom. The topological polar surface area (TPSA) is 0 Å². The zero-order valence-electron chi connectivity index (χ0n) is 3.81. The molecule has 0 fully saturated rings. The van der Waals surface area contributed by atoms with Gasteiger partial charge in [-0.3, -0.25) is 14.1 Å². The van der Waals surface area contributed by atoms with E-state index >= 15 is 0 Å². The third kappa shape index (κ3) is 49400. The monoisotopic (exact) mass is 181 g/mol. The van der Waals surface area contributed by atoms with Gasteiger partial charge in [0.1, 0.15) is 0 Å². The van der Waals surface area contributed by atoms with Crippen molar-refractivity contribution >= 4 is 20.8 Å². The molecule has 0 atom stereocenters. The maximum absolute atomic E-state index is 9.75. The van der Waals surface area contributed by atoms with Crippen molar-refractivity contribution < 1.29 is 31.4 Å². The minimum atomic E-state index is -6.00. The molecule has 0 aliphatic carbocycles. The van der Waals surface area contributed by atoms with Crippen LogP contribution in [0.15, 0.2) is 0 Å². The van der Waals surface area contributed by atoms with Gasteiger partial charge in [0.05, 0.1) is 0 Å². The van der Waals surface area contributed by atoms with Crippen LogP contribution in [0.3, 0.4) is 0 Å². The van der Waals surface area contributed by atoms with E-state index in [4.69, 9.17) is 0 Å². The Morgan fingerprint density at radius 2 is 0.667 bits per heavy atom. The summed E-state index contributed by atoms with van der Waals surface area (Å²) in [6, 6.07) is 0. The first-order valence-corrected chi connectivity index (χ1v) is 0.873. The predicted molar refractivity (Wildman–Crippen MR) is 28.1 cm³/mol. The molecule has 0 heterocycles. The van der Waals surface area contributed by atoms with Crippen molar-refractivity contribution in [2.75, 3.05) is 0 Å². The first kappa shape index (κ1) is 36.4. The van der Waals surface area contributed by atoms with Crippen LogP contribution in [-0.2, 0) is 0 Å². The largest absolute Gasteiger partial charge is 0.673 e. The zero-order chi connectivity index (χ0) is 4.50. The smallest absolute Gasteiger partial charge is 0.418 e. The number of hydrogen-bond donors (Lipinski definition) is 0. The van der Waals surface area contributed by atoms with E-state index < -0.39 is 7.25 Å². The standard InChI is InChI=1S/BF4.3FH.H2S/c2-1(3,4)5;;;;/h;3*1H;1H2/q-1;;;;. The summed E-state index contributed by atoms with van der Waals surface area (Å²) in [6.45, 7) is 0. The van der Waals surface area contributed by atoms with Crippen LogP contribution in [0.4, 0.5) is 31.4 Å². The van der Waals surface area contributed by atoms with Crippen molar-refractivity contribution in [2.24, 2.45) is 0 Å². The van der Waals surface area contributed by atoms with E-state index in [9.17, 15) is 17.3 Å². The maximum atomic E-state index is 9.75. The van der Waals surface area contributed by atoms with Crippen molar-refractivity contribution in [2.45, 2.75) is 0 Å². The second-order valence-electron chi connectivity index (χ2n) is 0.495. The maximum Gasteiger partial charge on any atom is 0.673 e. The molecule has 0 unspecified atom stereocenters. The van der Waals surface area contributed by atoms with Gasteiger partial charge in [0.25, 0.3) is 0 Å². The van der Waals surface area contributed by atoms with Gasteiger partial charge >= 0.3 is 7.25 Å². The Bertz CT molecular complexity index is 24.4. The lowest BCUT2D eigenvalue weighted by molar-refractivity contribution is 0.368. The molecule has 9 heteroatoms. The molecule has 0 rings (SSSR count). The van der Waals surface area contributed by atoms with Crippen molar-refractivity contribution in [1.29, 1.82) is 0 Å². The van der Waals surface area contributed by atoms with Gasteiger partial charge in [0.2, 0.25) is 0 Å². The number of hydrogen-bond acceptors (Lipinski definition) is 0. The second kappa shape index (κ2) is 10.8. The molecule has 0 saturated heterocycles. The highest BCUT2D eigenvalue weighted by Gasteiger charge is 2.20. The van der Waals surface area contributed by atoms with Gasteiger partial charge < -0.3 is 17.3 Å². The van der Waals surface area contributed by atoms with E-state index in [0.29, 0.717) is 0 Å². The molecule has 0 spiro atoms. The first-order chi connectivity index (χ1) is 2.00. The molecule has 0 bridgehead atoms. The highest BCUT2D eigenvalue weighted by atomic mass is 32.1. The van der Waals surface area contributed by atoms with Gasteiger partial charge in [-0.2, -0.15) is 13.5 Å². The summed E-state index contributed by atoms with van der Waals surface area (Å²) in [6.07, 6.45) is 0. The molecule has 0 radical (unpaired) electrons. The van der Waals surface area contributed by atoms with Gasteiger partial charge in [0.15, 0.2) is 0 Å². The predicted octanol–water partition coefficient (Wildman–Crippen LogP) is 1.87. The van der Waals surface area contributed by atoms with Crippen LogP contribution in [0.5, 0.6) is 0 Å². The fourth-order valence-corrected chi connectivity index (χ4v) is 0. The molecular formula is H5BF7S-.